The van der Waals surface area contributed by atoms with Gasteiger partial charge in [0.05, 0.1) is 17.7 Å². The Hall–Kier alpha value is -2.06. The van der Waals surface area contributed by atoms with Crippen molar-refractivity contribution in [2.24, 2.45) is 0 Å². The molecule has 1 atom stereocenters. The highest BCUT2D eigenvalue weighted by Crippen LogP contribution is 2.22. The molecule has 1 N–H and O–H groups in total. The molecule has 6 heteroatoms. The number of carbonyl (C=O) groups excluding carboxylic acids is 1. The molecule has 0 radical (unpaired) electrons. The summed E-state index contributed by atoms with van der Waals surface area (Å²) >= 11 is 12.1. The van der Waals surface area contributed by atoms with E-state index in [-0.39, 0.29) is 11.9 Å². The largest absolute Gasteiger partial charge is 0.325 e. The topological polar surface area (TPSA) is 56.1 Å². The van der Waals surface area contributed by atoms with Gasteiger partial charge in [-0.1, -0.05) is 35.3 Å². The molecule has 4 nitrogen and oxygen atoms in total. The molecule has 0 saturated heterocycles. The molecule has 1 amide bonds. The van der Waals surface area contributed by atoms with Gasteiger partial charge in [-0.2, -0.15) is 5.26 Å². The molecule has 0 unspecified atom stereocenters. The minimum Gasteiger partial charge on any atom is -0.325 e. The Kier molecular flexibility index (Phi) is 6.22. The second-order valence-electron chi connectivity index (χ2n) is 5.51. The van der Waals surface area contributed by atoms with Gasteiger partial charge in [0.15, 0.2) is 0 Å². The number of hydrogen-bond acceptors (Lipinski definition) is 3. The Bertz CT molecular complexity index is 786. The van der Waals surface area contributed by atoms with Gasteiger partial charge in [-0.3, -0.25) is 9.69 Å². The van der Waals surface area contributed by atoms with E-state index < -0.39 is 0 Å². The number of amides is 1. The third kappa shape index (κ3) is 4.72. The number of halogens is 2. The van der Waals surface area contributed by atoms with Crippen LogP contribution in [0.15, 0.2) is 42.5 Å². The average Bonchev–Trinajstić information content (AvgIpc) is 2.56. The van der Waals surface area contributed by atoms with Crippen LogP contribution in [-0.2, 0) is 11.3 Å². The molecule has 0 fully saturated rings. The summed E-state index contributed by atoms with van der Waals surface area (Å²) in [4.78, 5) is 14.3. The Morgan fingerprint density at radius 3 is 2.71 bits per heavy atom. The van der Waals surface area contributed by atoms with Crippen LogP contribution in [-0.4, -0.2) is 23.9 Å². The summed E-state index contributed by atoms with van der Waals surface area (Å²) in [5, 5.41) is 12.9. The molecule has 124 valence electrons. The van der Waals surface area contributed by atoms with Crippen LogP contribution in [0.5, 0.6) is 0 Å². The van der Waals surface area contributed by atoms with Gasteiger partial charge in [0.25, 0.3) is 0 Å². The average molecular weight is 362 g/mol. The lowest BCUT2D eigenvalue weighted by Crippen LogP contribution is -2.39. The molecule has 0 aliphatic carbocycles. The van der Waals surface area contributed by atoms with E-state index in [1.54, 1.807) is 36.4 Å². The van der Waals surface area contributed by atoms with Crippen LogP contribution in [0.4, 0.5) is 5.69 Å². The highest BCUT2D eigenvalue weighted by molar-refractivity contribution is 6.35. The van der Waals surface area contributed by atoms with Crippen molar-refractivity contribution < 1.29 is 4.79 Å². The zero-order chi connectivity index (χ0) is 17.7. The summed E-state index contributed by atoms with van der Waals surface area (Å²) in [6.07, 6.45) is 0. The standard InChI is InChI=1S/C18H17Cl2N3O/c1-12(18(24)22-16-5-3-4-13(8-16)10-21)23(2)11-14-6-7-15(19)9-17(14)20/h3-9,12H,11H2,1-2H3,(H,22,24)/t12-/m0/s1. The Morgan fingerprint density at radius 1 is 1.29 bits per heavy atom. The minimum absolute atomic E-state index is 0.155. The predicted molar refractivity (Wildman–Crippen MR) is 97.2 cm³/mol. The first-order valence-corrected chi connectivity index (χ1v) is 8.11. The van der Waals surface area contributed by atoms with Crippen molar-refractivity contribution >= 4 is 34.8 Å². The van der Waals surface area contributed by atoms with Crippen LogP contribution in [0.25, 0.3) is 0 Å². The zero-order valence-corrected chi connectivity index (χ0v) is 14.9. The van der Waals surface area contributed by atoms with Crippen LogP contribution < -0.4 is 5.32 Å². The number of anilines is 1. The molecule has 0 aliphatic rings. The first-order valence-electron chi connectivity index (χ1n) is 7.36. The molecular formula is C18H17Cl2N3O. The van der Waals surface area contributed by atoms with Gasteiger partial charge in [0.2, 0.25) is 5.91 Å². The van der Waals surface area contributed by atoms with Gasteiger partial charge >= 0.3 is 0 Å². The van der Waals surface area contributed by atoms with E-state index in [9.17, 15) is 4.79 Å². The van der Waals surface area contributed by atoms with Gasteiger partial charge in [-0.15, -0.1) is 0 Å². The zero-order valence-electron chi connectivity index (χ0n) is 13.4. The molecular weight excluding hydrogens is 345 g/mol. The third-order valence-corrected chi connectivity index (χ3v) is 4.32. The van der Waals surface area contributed by atoms with Gasteiger partial charge in [0, 0.05) is 22.3 Å². The first-order chi connectivity index (χ1) is 11.4. The second-order valence-corrected chi connectivity index (χ2v) is 6.35. The molecule has 0 aliphatic heterocycles. The summed E-state index contributed by atoms with van der Waals surface area (Å²) in [5.74, 6) is -0.155. The fourth-order valence-corrected chi connectivity index (χ4v) is 2.64. The molecule has 0 aromatic heterocycles. The van der Waals surface area contributed by atoms with E-state index >= 15 is 0 Å². The Balaban J connectivity index is 2.02. The van der Waals surface area contributed by atoms with Crippen molar-refractivity contribution in [1.82, 2.24) is 4.90 Å². The monoisotopic (exact) mass is 361 g/mol. The van der Waals surface area contributed by atoms with Crippen molar-refractivity contribution in [2.45, 2.75) is 19.5 Å². The summed E-state index contributed by atoms with van der Waals surface area (Å²) < 4.78 is 0. The Morgan fingerprint density at radius 2 is 2.04 bits per heavy atom. The highest BCUT2D eigenvalue weighted by Gasteiger charge is 2.19. The van der Waals surface area contributed by atoms with Gasteiger partial charge in [-0.05, 0) is 49.9 Å². The van der Waals surface area contributed by atoms with E-state index in [0.29, 0.717) is 27.8 Å². The van der Waals surface area contributed by atoms with Gasteiger partial charge in [0.1, 0.15) is 0 Å². The van der Waals surface area contributed by atoms with Crippen LogP contribution in [0.2, 0.25) is 10.0 Å². The number of likely N-dealkylation sites (N-methyl/N-ethyl adjacent to an activating group) is 1. The van der Waals surface area contributed by atoms with Crippen molar-refractivity contribution in [1.29, 1.82) is 5.26 Å². The summed E-state index contributed by atoms with van der Waals surface area (Å²) in [5.41, 5.74) is 2.00. The maximum absolute atomic E-state index is 12.4. The fraction of sp³-hybridized carbons (Fsp3) is 0.222. The first kappa shape index (κ1) is 18.3. The number of benzene rings is 2. The fourth-order valence-electron chi connectivity index (χ4n) is 2.17. The lowest BCUT2D eigenvalue weighted by Gasteiger charge is -2.24. The third-order valence-electron chi connectivity index (χ3n) is 3.73. The normalized spacial score (nSPS) is 11.8. The number of nitrogens with zero attached hydrogens (tertiary/aromatic N) is 2. The molecule has 0 spiro atoms. The maximum Gasteiger partial charge on any atom is 0.241 e. The number of hydrogen-bond donors (Lipinski definition) is 1. The van der Waals surface area contributed by atoms with Crippen molar-refractivity contribution in [3.63, 3.8) is 0 Å². The van der Waals surface area contributed by atoms with Crippen LogP contribution >= 0.6 is 23.2 Å². The molecule has 2 rings (SSSR count). The van der Waals surface area contributed by atoms with Crippen LogP contribution in [0.1, 0.15) is 18.1 Å². The minimum atomic E-state index is -0.373. The molecule has 2 aromatic carbocycles. The quantitative estimate of drug-likeness (QED) is 0.862. The second kappa shape index (κ2) is 8.16. The van der Waals surface area contributed by atoms with Gasteiger partial charge < -0.3 is 5.32 Å². The van der Waals surface area contributed by atoms with E-state index in [1.807, 2.05) is 31.0 Å². The number of nitriles is 1. The number of carbonyl (C=O) groups is 1. The number of nitrogens with one attached hydrogen (secondary N) is 1. The maximum atomic E-state index is 12.4. The summed E-state index contributed by atoms with van der Waals surface area (Å²) in [6, 6.07) is 13.8. The van der Waals surface area contributed by atoms with Crippen molar-refractivity contribution in [3.05, 3.63) is 63.6 Å². The summed E-state index contributed by atoms with van der Waals surface area (Å²) in [6.45, 7) is 2.33. The predicted octanol–water partition coefficient (Wildman–Crippen LogP) is 4.32. The highest BCUT2D eigenvalue weighted by atomic mass is 35.5. The van der Waals surface area contributed by atoms with Crippen LogP contribution in [0.3, 0.4) is 0 Å². The SMILES string of the molecule is C[C@@H](C(=O)Nc1cccc(C#N)c1)N(C)Cc1ccc(Cl)cc1Cl. The van der Waals surface area contributed by atoms with E-state index in [0.717, 1.165) is 5.56 Å². The van der Waals surface area contributed by atoms with Crippen molar-refractivity contribution in [3.8, 4) is 6.07 Å². The smallest absolute Gasteiger partial charge is 0.241 e. The molecule has 0 bridgehead atoms. The lowest BCUT2D eigenvalue weighted by molar-refractivity contribution is -0.120. The van der Waals surface area contributed by atoms with E-state index in [2.05, 4.69) is 5.32 Å². The van der Waals surface area contributed by atoms with Crippen LogP contribution in [0, 0.1) is 11.3 Å². The van der Waals surface area contributed by atoms with Gasteiger partial charge in [-0.25, -0.2) is 0 Å². The molecule has 0 saturated carbocycles. The molecule has 0 heterocycles. The molecule has 2 aromatic rings. The molecule has 24 heavy (non-hydrogen) atoms. The van der Waals surface area contributed by atoms with Crippen molar-refractivity contribution in [2.75, 3.05) is 12.4 Å². The van der Waals surface area contributed by atoms with E-state index in [1.165, 1.54) is 0 Å². The lowest BCUT2D eigenvalue weighted by atomic mass is 10.1. The Labute approximate surface area is 151 Å². The summed E-state index contributed by atoms with van der Waals surface area (Å²) in [7, 11) is 1.85. The van der Waals surface area contributed by atoms with E-state index in [4.69, 9.17) is 28.5 Å². The number of rotatable bonds is 5.